The molecule has 2 aliphatic carbocycles. The van der Waals surface area contributed by atoms with Gasteiger partial charge in [-0.05, 0) is 55.8 Å². The lowest BCUT2D eigenvalue weighted by Crippen LogP contribution is -2.54. The van der Waals surface area contributed by atoms with Crippen LogP contribution in [0.1, 0.15) is 45.1 Å². The number of ether oxygens (including phenoxy) is 3. The lowest BCUT2D eigenvalue weighted by Gasteiger charge is -2.48. The summed E-state index contributed by atoms with van der Waals surface area (Å²) in [6.45, 7) is 6.24. The van der Waals surface area contributed by atoms with Crippen molar-refractivity contribution in [2.45, 2.75) is 63.8 Å². The first kappa shape index (κ1) is 19.4. The van der Waals surface area contributed by atoms with Gasteiger partial charge in [-0.15, -0.1) is 0 Å². The molecule has 158 valence electrons. The number of hydrogen-bond donors (Lipinski definition) is 1. The Kier molecular flexibility index (Phi) is 4.67. The predicted molar refractivity (Wildman–Crippen MR) is 110 cm³/mol. The second-order valence-electron chi connectivity index (χ2n) is 9.85. The van der Waals surface area contributed by atoms with E-state index in [2.05, 4.69) is 31.3 Å². The quantitative estimate of drug-likeness (QED) is 0.452. The second kappa shape index (κ2) is 6.98. The monoisotopic (exact) mass is 399 g/mol. The Hall–Kier alpha value is -1.59. The van der Waals surface area contributed by atoms with Gasteiger partial charge in [-0.25, -0.2) is 0 Å². The highest BCUT2D eigenvalue weighted by Gasteiger charge is 2.78. The molecule has 0 radical (unpaired) electrons. The van der Waals surface area contributed by atoms with E-state index in [0.29, 0.717) is 12.5 Å². The fourth-order valence-corrected chi connectivity index (χ4v) is 6.75. The van der Waals surface area contributed by atoms with Crippen molar-refractivity contribution in [3.05, 3.63) is 29.8 Å². The van der Waals surface area contributed by atoms with E-state index in [0.717, 1.165) is 25.1 Å². The average Bonchev–Trinajstić information content (AvgIpc) is 3.39. The number of fused-ring (bicyclic) bond motifs is 2. The minimum atomic E-state index is -0.0843. The first-order chi connectivity index (χ1) is 14.0. The summed E-state index contributed by atoms with van der Waals surface area (Å²) in [6, 6.07) is 8.16. The Morgan fingerprint density at radius 2 is 2.07 bits per heavy atom. The van der Waals surface area contributed by atoms with Gasteiger partial charge in [-0.1, -0.05) is 32.4 Å². The minimum Gasteiger partial charge on any atom is -0.497 e. The topological polar surface area (TPSA) is 60.1 Å². The average molecular weight is 400 g/mol. The van der Waals surface area contributed by atoms with Gasteiger partial charge in [0, 0.05) is 17.9 Å². The molecule has 5 nitrogen and oxygen atoms in total. The van der Waals surface area contributed by atoms with Crippen LogP contribution in [0.25, 0.3) is 0 Å². The zero-order valence-electron chi connectivity index (χ0n) is 17.8. The lowest BCUT2D eigenvalue weighted by atomic mass is 9.53. The number of rotatable bonds is 6. The Morgan fingerprint density at radius 3 is 2.83 bits per heavy atom. The number of epoxide rings is 1. The molecule has 0 aromatic heterocycles. The van der Waals surface area contributed by atoms with Crippen molar-refractivity contribution in [3.8, 4) is 5.75 Å². The largest absolute Gasteiger partial charge is 0.497 e. The van der Waals surface area contributed by atoms with Gasteiger partial charge in [0.2, 0.25) is 0 Å². The molecule has 2 heterocycles. The van der Waals surface area contributed by atoms with E-state index < -0.39 is 0 Å². The Morgan fingerprint density at radius 1 is 1.28 bits per heavy atom. The molecule has 0 amide bonds. The highest BCUT2D eigenvalue weighted by atomic mass is 16.6. The summed E-state index contributed by atoms with van der Waals surface area (Å²) < 4.78 is 17.6. The van der Waals surface area contributed by atoms with E-state index in [-0.39, 0.29) is 41.0 Å². The maximum Gasteiger partial charge on any atom is 0.311 e. The normalized spacial score (nSPS) is 42.4. The fourth-order valence-electron chi connectivity index (χ4n) is 6.75. The van der Waals surface area contributed by atoms with Crippen molar-refractivity contribution in [1.82, 2.24) is 5.32 Å². The Labute approximate surface area is 173 Å². The smallest absolute Gasteiger partial charge is 0.311 e. The third-order valence-corrected chi connectivity index (χ3v) is 8.31. The van der Waals surface area contributed by atoms with Crippen molar-refractivity contribution >= 4 is 5.97 Å². The molecule has 1 spiro atoms. The number of methoxy groups -OCH3 is 1. The predicted octanol–water partition coefficient (Wildman–Crippen LogP) is 3.35. The number of benzene rings is 1. The van der Waals surface area contributed by atoms with E-state index in [1.165, 1.54) is 24.8 Å². The van der Waals surface area contributed by atoms with Crippen molar-refractivity contribution in [3.63, 3.8) is 0 Å². The summed E-state index contributed by atoms with van der Waals surface area (Å²) in [5.41, 5.74) is 1.41. The van der Waals surface area contributed by atoms with Crippen LogP contribution in [-0.2, 0) is 20.7 Å². The number of carbonyl (C=O) groups excluding carboxylic acids is 1. The molecule has 0 unspecified atom stereocenters. The molecule has 2 saturated carbocycles. The van der Waals surface area contributed by atoms with Crippen LogP contribution in [-0.4, -0.2) is 44.0 Å². The van der Waals surface area contributed by atoms with E-state index in [1.807, 2.05) is 12.1 Å². The third-order valence-electron chi connectivity index (χ3n) is 8.31. The van der Waals surface area contributed by atoms with Gasteiger partial charge in [-0.3, -0.25) is 4.79 Å². The molecule has 4 aliphatic rings. The van der Waals surface area contributed by atoms with Crippen molar-refractivity contribution in [1.29, 1.82) is 0 Å². The van der Waals surface area contributed by atoms with Crippen LogP contribution in [0.3, 0.4) is 0 Å². The van der Waals surface area contributed by atoms with Crippen molar-refractivity contribution in [2.75, 3.05) is 20.2 Å². The number of nitrogens with one attached hydrogen (secondary N) is 1. The molecule has 29 heavy (non-hydrogen) atoms. The molecule has 5 heteroatoms. The van der Waals surface area contributed by atoms with Gasteiger partial charge in [-0.2, -0.15) is 0 Å². The molecule has 2 aliphatic heterocycles. The van der Waals surface area contributed by atoms with Crippen LogP contribution in [0.5, 0.6) is 5.75 Å². The lowest BCUT2D eigenvalue weighted by molar-refractivity contribution is -0.146. The summed E-state index contributed by atoms with van der Waals surface area (Å²) in [7, 11) is 1.68. The highest BCUT2D eigenvalue weighted by molar-refractivity contribution is 5.76. The van der Waals surface area contributed by atoms with E-state index in [1.54, 1.807) is 7.11 Å². The van der Waals surface area contributed by atoms with Gasteiger partial charge < -0.3 is 19.5 Å². The number of hydrogen-bond acceptors (Lipinski definition) is 5. The molecular formula is C24H33NO4. The molecule has 4 fully saturated rings. The van der Waals surface area contributed by atoms with E-state index >= 15 is 0 Å². The van der Waals surface area contributed by atoms with Crippen LogP contribution in [0, 0.1) is 23.2 Å². The molecule has 1 aromatic carbocycles. The highest BCUT2D eigenvalue weighted by Crippen LogP contribution is 2.70. The third kappa shape index (κ3) is 2.92. The maximum atomic E-state index is 12.7. The molecule has 2 saturated heterocycles. The van der Waals surface area contributed by atoms with E-state index in [4.69, 9.17) is 14.2 Å². The van der Waals surface area contributed by atoms with Gasteiger partial charge >= 0.3 is 5.97 Å². The van der Waals surface area contributed by atoms with Crippen molar-refractivity contribution < 1.29 is 19.0 Å². The first-order valence-electron chi connectivity index (χ1n) is 11.2. The maximum absolute atomic E-state index is 12.7. The van der Waals surface area contributed by atoms with Crippen LogP contribution in [0.4, 0.5) is 0 Å². The zero-order valence-corrected chi connectivity index (χ0v) is 17.8. The first-order valence-corrected chi connectivity index (χ1v) is 11.2. The SMILES string of the molecule is COc1ccc(CCNC[C@@H]2C(=O)O[C@@H]3C[C@@]4(C)CCC[C@H](C)[C@]45O[C@@H]5[C@H]23)cc1. The molecule has 1 N–H and O–H groups in total. The van der Waals surface area contributed by atoms with Crippen LogP contribution in [0.15, 0.2) is 24.3 Å². The number of esters is 1. The summed E-state index contributed by atoms with van der Waals surface area (Å²) in [5.74, 6) is 1.55. The van der Waals surface area contributed by atoms with Crippen LogP contribution < -0.4 is 10.1 Å². The number of carbonyl (C=O) groups is 1. The molecule has 1 aromatic rings. The van der Waals surface area contributed by atoms with Gasteiger partial charge in [0.05, 0.1) is 19.1 Å². The Bertz CT molecular complexity index is 780. The zero-order chi connectivity index (χ0) is 20.2. The minimum absolute atomic E-state index is 0.0122. The Balaban J connectivity index is 1.21. The van der Waals surface area contributed by atoms with Gasteiger partial charge in [0.15, 0.2) is 0 Å². The van der Waals surface area contributed by atoms with Gasteiger partial charge in [0.25, 0.3) is 0 Å². The van der Waals surface area contributed by atoms with Crippen LogP contribution >= 0.6 is 0 Å². The molecule has 0 bridgehead atoms. The summed E-state index contributed by atoms with van der Waals surface area (Å²) in [6.07, 6.45) is 5.82. The molecule has 7 atom stereocenters. The standard InChI is InChI=1S/C24H33NO4/c1-15-5-4-11-23(2)13-19-20(21-24(15,23)29-21)18(22(26)28-19)14-25-12-10-16-6-8-17(27-3)9-7-16/h6-9,15,18-21,25H,4-5,10-14H2,1-3H3/t15-,18-,19+,20+,21+,23+,24+/m0/s1. The van der Waals surface area contributed by atoms with E-state index in [9.17, 15) is 4.79 Å². The summed E-state index contributed by atoms with van der Waals surface area (Å²) in [5, 5.41) is 3.51. The van der Waals surface area contributed by atoms with Gasteiger partial charge in [0.1, 0.15) is 17.5 Å². The van der Waals surface area contributed by atoms with Crippen molar-refractivity contribution in [2.24, 2.45) is 23.2 Å². The molecule has 5 rings (SSSR count). The second-order valence-corrected chi connectivity index (χ2v) is 9.85. The fraction of sp³-hybridized carbons (Fsp3) is 0.708. The molecular weight excluding hydrogens is 366 g/mol. The summed E-state index contributed by atoms with van der Waals surface area (Å²) in [4.78, 5) is 12.7. The van der Waals surface area contributed by atoms with Crippen LogP contribution in [0.2, 0.25) is 0 Å². The summed E-state index contributed by atoms with van der Waals surface area (Å²) >= 11 is 0.